The maximum absolute atomic E-state index is 13.3. The summed E-state index contributed by atoms with van der Waals surface area (Å²) in [7, 11) is 0. The van der Waals surface area contributed by atoms with Crippen molar-refractivity contribution >= 4 is 5.82 Å². The Morgan fingerprint density at radius 2 is 2.13 bits per heavy atom. The van der Waals surface area contributed by atoms with E-state index in [4.69, 9.17) is 5.26 Å². The van der Waals surface area contributed by atoms with E-state index in [1.54, 1.807) is 0 Å². The highest BCUT2D eigenvalue weighted by Gasteiger charge is 2.39. The monoisotopic (exact) mass is 318 g/mol. The van der Waals surface area contributed by atoms with Gasteiger partial charge in [0.1, 0.15) is 17.6 Å². The van der Waals surface area contributed by atoms with Gasteiger partial charge in [-0.15, -0.1) is 0 Å². The summed E-state index contributed by atoms with van der Waals surface area (Å²) in [5, 5.41) is 16.4. The molecule has 1 unspecified atom stereocenters. The molecule has 1 saturated carbocycles. The van der Waals surface area contributed by atoms with E-state index in [0.717, 1.165) is 11.4 Å². The fraction of sp³-hybridized carbons (Fsp3) is 0.467. The van der Waals surface area contributed by atoms with E-state index < -0.39 is 5.92 Å². The highest BCUT2D eigenvalue weighted by Crippen LogP contribution is 2.36. The Kier molecular flexibility index (Phi) is 3.72. The number of hydrogen-bond donors (Lipinski definition) is 1. The van der Waals surface area contributed by atoms with Gasteiger partial charge in [-0.1, -0.05) is 0 Å². The second-order valence-corrected chi connectivity index (χ2v) is 5.83. The van der Waals surface area contributed by atoms with Gasteiger partial charge in [0.15, 0.2) is 0 Å². The Balaban J connectivity index is 1.91. The lowest BCUT2D eigenvalue weighted by molar-refractivity contribution is 0.00852. The molecule has 3 rings (SSSR count). The van der Waals surface area contributed by atoms with Crippen molar-refractivity contribution in [2.75, 3.05) is 5.32 Å². The molecule has 23 heavy (non-hydrogen) atoms. The first-order chi connectivity index (χ1) is 10.9. The van der Waals surface area contributed by atoms with E-state index in [9.17, 15) is 8.78 Å². The highest BCUT2D eigenvalue weighted by molar-refractivity contribution is 5.43. The van der Waals surface area contributed by atoms with Gasteiger partial charge in [-0.05, 0) is 26.3 Å². The number of rotatable bonds is 3. The van der Waals surface area contributed by atoms with Crippen LogP contribution in [-0.4, -0.2) is 31.7 Å². The smallest absolute Gasteiger partial charge is 0.254 e. The summed E-state index contributed by atoms with van der Waals surface area (Å²) in [6.45, 7) is 3.70. The molecule has 2 aromatic heterocycles. The largest absolute Gasteiger partial charge is 0.367 e. The molecule has 1 aliphatic carbocycles. The van der Waals surface area contributed by atoms with Gasteiger partial charge >= 0.3 is 0 Å². The van der Waals surface area contributed by atoms with Crippen molar-refractivity contribution in [2.24, 2.45) is 0 Å². The molecule has 0 bridgehead atoms. The van der Waals surface area contributed by atoms with Crippen LogP contribution in [0.25, 0.3) is 5.95 Å². The second kappa shape index (κ2) is 5.57. The van der Waals surface area contributed by atoms with Gasteiger partial charge < -0.3 is 5.32 Å². The lowest BCUT2D eigenvalue weighted by atomic mass is 10.2. The molecule has 2 aromatic rings. The molecule has 1 aliphatic rings. The molecule has 1 N–H and O–H groups in total. The number of aryl methyl sites for hydroxylation is 2. The molecule has 0 aliphatic heterocycles. The summed E-state index contributed by atoms with van der Waals surface area (Å²) in [4.78, 5) is 8.46. The SMILES string of the molecule is Cc1cc(C)n(-c2nc(C#N)cc(NC3CCC(F)(F)C3)n2)n1. The Bertz CT molecular complexity index is 777. The van der Waals surface area contributed by atoms with Crippen LogP contribution in [0, 0.1) is 25.2 Å². The number of anilines is 1. The summed E-state index contributed by atoms with van der Waals surface area (Å²) in [5.74, 6) is -2.02. The van der Waals surface area contributed by atoms with E-state index in [0.29, 0.717) is 12.2 Å². The topological polar surface area (TPSA) is 79.4 Å². The van der Waals surface area contributed by atoms with Crippen molar-refractivity contribution in [3.8, 4) is 12.0 Å². The first kappa shape index (κ1) is 15.3. The van der Waals surface area contributed by atoms with Crippen LogP contribution in [0.15, 0.2) is 12.1 Å². The Morgan fingerprint density at radius 1 is 1.35 bits per heavy atom. The summed E-state index contributed by atoms with van der Waals surface area (Å²) in [6, 6.07) is 4.94. The number of alkyl halides is 2. The van der Waals surface area contributed by atoms with Crippen LogP contribution in [0.1, 0.15) is 36.3 Å². The Labute approximate surface area is 132 Å². The van der Waals surface area contributed by atoms with Crippen molar-refractivity contribution < 1.29 is 8.78 Å². The molecule has 0 spiro atoms. The minimum Gasteiger partial charge on any atom is -0.367 e. The third kappa shape index (κ3) is 3.28. The fourth-order valence-corrected chi connectivity index (χ4v) is 2.77. The molecule has 2 heterocycles. The van der Waals surface area contributed by atoms with Crippen LogP contribution in [0.3, 0.4) is 0 Å². The van der Waals surface area contributed by atoms with Crippen molar-refractivity contribution in [3.63, 3.8) is 0 Å². The zero-order chi connectivity index (χ0) is 16.6. The third-order valence-electron chi connectivity index (χ3n) is 3.78. The van der Waals surface area contributed by atoms with E-state index in [2.05, 4.69) is 20.4 Å². The maximum Gasteiger partial charge on any atom is 0.254 e. The molecular weight excluding hydrogens is 302 g/mol. The van der Waals surface area contributed by atoms with Gasteiger partial charge in [-0.25, -0.2) is 18.4 Å². The van der Waals surface area contributed by atoms with Gasteiger partial charge in [-0.2, -0.15) is 15.3 Å². The molecule has 0 saturated heterocycles. The third-order valence-corrected chi connectivity index (χ3v) is 3.78. The maximum atomic E-state index is 13.3. The first-order valence-corrected chi connectivity index (χ1v) is 7.33. The summed E-state index contributed by atoms with van der Waals surface area (Å²) in [5.41, 5.74) is 1.80. The van der Waals surface area contributed by atoms with Crippen molar-refractivity contribution in [1.29, 1.82) is 5.26 Å². The zero-order valence-electron chi connectivity index (χ0n) is 12.8. The van der Waals surface area contributed by atoms with Gasteiger partial charge in [-0.3, -0.25) is 0 Å². The van der Waals surface area contributed by atoms with Crippen molar-refractivity contribution in [3.05, 3.63) is 29.2 Å². The fourth-order valence-electron chi connectivity index (χ4n) is 2.77. The quantitative estimate of drug-likeness (QED) is 0.941. The molecule has 6 nitrogen and oxygen atoms in total. The molecule has 120 valence electrons. The van der Waals surface area contributed by atoms with Crippen LogP contribution < -0.4 is 5.32 Å². The van der Waals surface area contributed by atoms with E-state index in [1.165, 1.54) is 10.7 Å². The second-order valence-electron chi connectivity index (χ2n) is 5.83. The minimum atomic E-state index is -2.64. The number of nitrogens with zero attached hydrogens (tertiary/aromatic N) is 5. The lowest BCUT2D eigenvalue weighted by Gasteiger charge is -2.14. The standard InChI is InChI=1S/C15H16F2N6/c1-9-5-10(2)23(22-9)14-20-12(8-18)6-13(21-14)19-11-3-4-15(16,17)7-11/h5-6,11H,3-4,7H2,1-2H3,(H,19,20,21). The highest BCUT2D eigenvalue weighted by atomic mass is 19.3. The average molecular weight is 318 g/mol. The van der Waals surface area contributed by atoms with Crippen LogP contribution >= 0.6 is 0 Å². The van der Waals surface area contributed by atoms with Gasteiger partial charge in [0, 0.05) is 30.6 Å². The predicted molar refractivity (Wildman–Crippen MR) is 79.6 cm³/mol. The van der Waals surface area contributed by atoms with Crippen LogP contribution in [0.5, 0.6) is 0 Å². The van der Waals surface area contributed by atoms with Crippen LogP contribution in [-0.2, 0) is 0 Å². The first-order valence-electron chi connectivity index (χ1n) is 7.33. The van der Waals surface area contributed by atoms with Crippen LogP contribution in [0.2, 0.25) is 0 Å². The molecule has 1 fully saturated rings. The van der Waals surface area contributed by atoms with E-state index in [-0.39, 0.29) is 30.5 Å². The van der Waals surface area contributed by atoms with E-state index in [1.807, 2.05) is 26.0 Å². The number of nitrogens with one attached hydrogen (secondary N) is 1. The summed E-state index contributed by atoms with van der Waals surface area (Å²) in [6.07, 6.45) is 0.00737. The molecule has 0 amide bonds. The number of halogens is 2. The number of hydrogen-bond acceptors (Lipinski definition) is 5. The van der Waals surface area contributed by atoms with Crippen LogP contribution in [0.4, 0.5) is 14.6 Å². The molecule has 8 heteroatoms. The van der Waals surface area contributed by atoms with Gasteiger partial charge in [0.25, 0.3) is 5.95 Å². The molecule has 0 radical (unpaired) electrons. The number of nitriles is 1. The van der Waals surface area contributed by atoms with Crippen molar-refractivity contribution in [1.82, 2.24) is 19.7 Å². The van der Waals surface area contributed by atoms with Gasteiger partial charge in [0.05, 0.1) is 5.69 Å². The normalized spacial score (nSPS) is 19.5. The molecule has 1 atom stereocenters. The van der Waals surface area contributed by atoms with Gasteiger partial charge in [0.2, 0.25) is 5.92 Å². The zero-order valence-corrected chi connectivity index (χ0v) is 12.8. The average Bonchev–Trinajstić information content (AvgIpc) is 3.00. The summed E-state index contributed by atoms with van der Waals surface area (Å²) < 4.78 is 28.1. The Hall–Kier alpha value is -2.56. The van der Waals surface area contributed by atoms with E-state index >= 15 is 0 Å². The summed E-state index contributed by atoms with van der Waals surface area (Å²) >= 11 is 0. The molecule has 0 aromatic carbocycles. The molecular formula is C15H16F2N6. The minimum absolute atomic E-state index is 0.134. The number of aromatic nitrogens is 4. The Morgan fingerprint density at radius 3 is 2.70 bits per heavy atom. The predicted octanol–water partition coefficient (Wildman–Crippen LogP) is 2.75. The van der Waals surface area contributed by atoms with Crippen molar-refractivity contribution in [2.45, 2.75) is 45.1 Å². The lowest BCUT2D eigenvalue weighted by Crippen LogP contribution is -2.20.